The van der Waals surface area contributed by atoms with Crippen LogP contribution in [0.3, 0.4) is 0 Å². The maximum atomic E-state index is 5.28. The average Bonchev–Trinajstić information content (AvgIpc) is 2.16. The van der Waals surface area contributed by atoms with Crippen molar-refractivity contribution in [2.24, 2.45) is 0 Å². The van der Waals surface area contributed by atoms with E-state index < -0.39 is 0 Å². The first-order valence-electron chi connectivity index (χ1n) is 5.35. The van der Waals surface area contributed by atoms with Crippen LogP contribution in [0.4, 0.5) is 0 Å². The first-order valence-corrected chi connectivity index (χ1v) is 5.35. The molecule has 0 saturated heterocycles. The Morgan fingerprint density at radius 2 is 1.64 bits per heavy atom. The molecule has 0 aromatic heterocycles. The van der Waals surface area contributed by atoms with Crippen molar-refractivity contribution in [1.29, 1.82) is 0 Å². The van der Waals surface area contributed by atoms with E-state index in [1.165, 1.54) is 12.8 Å². The summed E-state index contributed by atoms with van der Waals surface area (Å²) < 4.78 is 10.6. The molecule has 0 N–H and O–H groups in total. The minimum absolute atomic E-state index is 0. The molecule has 0 unspecified atom stereocenters. The molecule has 0 spiro atoms. The zero-order valence-electron chi connectivity index (χ0n) is 10.1. The molecule has 0 aliphatic carbocycles. The molecular formula is C11H23LiO2. The fourth-order valence-electron chi connectivity index (χ4n) is 1.02. The SMILES string of the molecule is C[CH-]CCCOCOCCCCC.[Li+]. The predicted octanol–water partition coefficient (Wildman–Crippen LogP) is 0.176. The van der Waals surface area contributed by atoms with Gasteiger partial charge in [0.2, 0.25) is 0 Å². The number of ether oxygens (including phenoxy) is 2. The molecule has 0 heterocycles. The van der Waals surface area contributed by atoms with E-state index in [1.54, 1.807) is 0 Å². The van der Waals surface area contributed by atoms with E-state index in [-0.39, 0.29) is 18.9 Å². The number of hydrogen-bond acceptors (Lipinski definition) is 2. The summed E-state index contributed by atoms with van der Waals surface area (Å²) in [4.78, 5) is 0. The minimum atomic E-state index is 0. The van der Waals surface area contributed by atoms with E-state index in [9.17, 15) is 0 Å². The van der Waals surface area contributed by atoms with Crippen LogP contribution in [0.5, 0.6) is 0 Å². The van der Waals surface area contributed by atoms with Gasteiger partial charge in [-0.2, -0.15) is 13.3 Å². The molecule has 0 saturated carbocycles. The summed E-state index contributed by atoms with van der Waals surface area (Å²) in [6, 6.07) is 0. The van der Waals surface area contributed by atoms with Gasteiger partial charge >= 0.3 is 18.9 Å². The third kappa shape index (κ3) is 15.0. The van der Waals surface area contributed by atoms with Gasteiger partial charge < -0.3 is 15.9 Å². The molecule has 80 valence electrons. The molecule has 0 bridgehead atoms. The van der Waals surface area contributed by atoms with Crippen LogP contribution in [0.15, 0.2) is 0 Å². The van der Waals surface area contributed by atoms with Gasteiger partial charge in [-0.25, -0.2) is 0 Å². The van der Waals surface area contributed by atoms with E-state index in [0.29, 0.717) is 6.79 Å². The fraction of sp³-hybridized carbons (Fsp3) is 0.909. The van der Waals surface area contributed by atoms with Crippen molar-refractivity contribution in [3.05, 3.63) is 6.42 Å². The first kappa shape index (κ1) is 16.9. The van der Waals surface area contributed by atoms with Gasteiger partial charge in [-0.05, 0) is 6.42 Å². The second-order valence-electron chi connectivity index (χ2n) is 3.19. The quantitative estimate of drug-likeness (QED) is 0.214. The van der Waals surface area contributed by atoms with Crippen LogP contribution in [0.2, 0.25) is 0 Å². The molecule has 0 radical (unpaired) electrons. The van der Waals surface area contributed by atoms with Gasteiger partial charge in [0, 0.05) is 13.2 Å². The van der Waals surface area contributed by atoms with E-state index in [0.717, 1.165) is 32.5 Å². The number of hydrogen-bond donors (Lipinski definition) is 0. The molecule has 0 aromatic carbocycles. The van der Waals surface area contributed by atoms with Crippen LogP contribution in [0.25, 0.3) is 0 Å². The summed E-state index contributed by atoms with van der Waals surface area (Å²) in [6.07, 6.45) is 8.06. The number of unbranched alkanes of at least 4 members (excludes halogenated alkanes) is 4. The zero-order chi connectivity index (χ0) is 9.78. The van der Waals surface area contributed by atoms with Crippen molar-refractivity contribution in [1.82, 2.24) is 0 Å². The minimum Gasteiger partial charge on any atom is -0.356 e. The van der Waals surface area contributed by atoms with Gasteiger partial charge in [0.25, 0.3) is 0 Å². The predicted molar refractivity (Wildman–Crippen MR) is 55.5 cm³/mol. The molecule has 0 fully saturated rings. The van der Waals surface area contributed by atoms with Crippen molar-refractivity contribution >= 4 is 0 Å². The van der Waals surface area contributed by atoms with Crippen molar-refractivity contribution in [2.75, 3.05) is 20.0 Å². The number of rotatable bonds is 10. The van der Waals surface area contributed by atoms with Crippen LogP contribution >= 0.6 is 0 Å². The van der Waals surface area contributed by atoms with Gasteiger partial charge in [-0.3, -0.25) is 0 Å². The Bertz CT molecular complexity index is 79.4. The van der Waals surface area contributed by atoms with Crippen LogP contribution < -0.4 is 18.9 Å². The molecule has 0 rings (SSSR count). The molecule has 0 atom stereocenters. The third-order valence-corrected chi connectivity index (χ3v) is 1.84. The maximum absolute atomic E-state index is 5.28. The Balaban J connectivity index is 0. The molecule has 3 heteroatoms. The molecular weight excluding hydrogens is 171 g/mol. The summed E-state index contributed by atoms with van der Waals surface area (Å²) in [7, 11) is 0. The second-order valence-corrected chi connectivity index (χ2v) is 3.19. The third-order valence-electron chi connectivity index (χ3n) is 1.84. The maximum Gasteiger partial charge on any atom is 1.00 e. The van der Waals surface area contributed by atoms with Gasteiger partial charge in [-0.1, -0.05) is 26.2 Å². The van der Waals surface area contributed by atoms with E-state index in [2.05, 4.69) is 20.3 Å². The van der Waals surface area contributed by atoms with E-state index in [1.807, 2.05) is 0 Å². The molecule has 0 amide bonds. The Labute approximate surface area is 101 Å². The summed E-state index contributed by atoms with van der Waals surface area (Å²) >= 11 is 0. The van der Waals surface area contributed by atoms with Crippen molar-refractivity contribution in [3.63, 3.8) is 0 Å². The zero-order valence-corrected chi connectivity index (χ0v) is 10.1. The summed E-state index contributed by atoms with van der Waals surface area (Å²) in [5.41, 5.74) is 0. The van der Waals surface area contributed by atoms with Crippen molar-refractivity contribution in [2.45, 2.75) is 46.0 Å². The largest absolute Gasteiger partial charge is 1.00 e. The van der Waals surface area contributed by atoms with Crippen molar-refractivity contribution < 1.29 is 28.3 Å². The molecule has 14 heavy (non-hydrogen) atoms. The van der Waals surface area contributed by atoms with Crippen LogP contribution in [-0.4, -0.2) is 20.0 Å². The van der Waals surface area contributed by atoms with Gasteiger partial charge in [-0.15, -0.1) is 0 Å². The van der Waals surface area contributed by atoms with Crippen molar-refractivity contribution in [3.8, 4) is 0 Å². The molecule has 2 nitrogen and oxygen atoms in total. The average molecular weight is 194 g/mol. The standard InChI is InChI=1S/C11H23O2.Li/c1-3-5-7-9-12-11-13-10-8-6-4-2;/h3H,4-11H2,1-2H3;/q-1;+1. The first-order chi connectivity index (χ1) is 6.41. The van der Waals surface area contributed by atoms with Crippen LogP contribution in [0, 0.1) is 6.42 Å². The van der Waals surface area contributed by atoms with Gasteiger partial charge in [0.15, 0.2) is 0 Å². The summed E-state index contributed by atoms with van der Waals surface area (Å²) in [5, 5.41) is 0. The van der Waals surface area contributed by atoms with Gasteiger partial charge in [0.05, 0.1) is 0 Å². The fourth-order valence-corrected chi connectivity index (χ4v) is 1.02. The molecule has 0 aliphatic rings. The summed E-state index contributed by atoms with van der Waals surface area (Å²) in [6.45, 7) is 6.39. The normalized spacial score (nSPS) is 9.86. The van der Waals surface area contributed by atoms with Crippen LogP contribution in [0.1, 0.15) is 46.0 Å². The smallest absolute Gasteiger partial charge is 0.356 e. The summed E-state index contributed by atoms with van der Waals surface area (Å²) in [5.74, 6) is 0. The Morgan fingerprint density at radius 3 is 2.21 bits per heavy atom. The van der Waals surface area contributed by atoms with Crippen LogP contribution in [-0.2, 0) is 9.47 Å². The Morgan fingerprint density at radius 1 is 1.00 bits per heavy atom. The Hall–Kier alpha value is 0.517. The molecule has 0 aromatic rings. The molecule has 0 aliphatic heterocycles. The topological polar surface area (TPSA) is 18.5 Å². The van der Waals surface area contributed by atoms with E-state index >= 15 is 0 Å². The second kappa shape index (κ2) is 16.0. The van der Waals surface area contributed by atoms with Gasteiger partial charge in [0.1, 0.15) is 6.79 Å². The van der Waals surface area contributed by atoms with E-state index in [4.69, 9.17) is 9.47 Å². The monoisotopic (exact) mass is 194 g/mol. The Kier molecular flexibility index (Phi) is 19.3.